The summed E-state index contributed by atoms with van der Waals surface area (Å²) in [5, 5.41) is 22.2. The maximum atomic E-state index is 3.70. The molecule has 0 saturated heterocycles. The highest BCUT2D eigenvalue weighted by Crippen LogP contribution is 2.11. The number of nitrogens with one attached hydrogen (secondary N) is 6. The van der Waals surface area contributed by atoms with Crippen LogP contribution in [0.25, 0.3) is 0 Å². The first-order chi connectivity index (χ1) is 21.3. The molecular formula is C35H52N8. The molecule has 0 aliphatic carbocycles. The van der Waals surface area contributed by atoms with Crippen molar-refractivity contribution < 1.29 is 0 Å². The lowest BCUT2D eigenvalue weighted by atomic mass is 10.1. The lowest BCUT2D eigenvalue weighted by Crippen LogP contribution is -2.40. The summed E-state index contributed by atoms with van der Waals surface area (Å²) >= 11 is 0. The molecule has 8 nitrogen and oxygen atoms in total. The summed E-state index contributed by atoms with van der Waals surface area (Å²) in [7, 11) is 0. The third-order valence-electron chi connectivity index (χ3n) is 8.34. The number of anilines is 1. The van der Waals surface area contributed by atoms with Gasteiger partial charge >= 0.3 is 0 Å². The molecule has 8 heteroatoms. The summed E-state index contributed by atoms with van der Waals surface area (Å²) in [5.41, 5.74) is 7.93. The number of rotatable bonds is 0. The van der Waals surface area contributed by atoms with Crippen LogP contribution in [0.15, 0.2) is 72.8 Å². The molecule has 43 heavy (non-hydrogen) atoms. The Morgan fingerprint density at radius 3 is 1.09 bits per heavy atom. The van der Waals surface area contributed by atoms with Crippen molar-refractivity contribution >= 4 is 5.69 Å². The van der Waals surface area contributed by atoms with Crippen molar-refractivity contribution in [2.75, 3.05) is 83.9 Å². The summed E-state index contributed by atoms with van der Waals surface area (Å²) < 4.78 is 0. The van der Waals surface area contributed by atoms with Gasteiger partial charge in [-0.05, 0) is 39.9 Å². The quantitative estimate of drug-likeness (QED) is 0.241. The number of hydrogen-bond donors (Lipinski definition) is 6. The highest BCUT2D eigenvalue weighted by molar-refractivity contribution is 5.45. The SMILES string of the molecule is c1cc2cc(c1)CNCCN1CCNCc3cccc(c3)CNCCN(CCNC2)CCNCc2cccc(c2)NCC1. The Morgan fingerprint density at radius 1 is 0.372 bits per heavy atom. The molecule has 2 aliphatic rings. The molecule has 0 saturated carbocycles. The van der Waals surface area contributed by atoms with Gasteiger partial charge in [0.15, 0.2) is 0 Å². The van der Waals surface area contributed by atoms with Crippen LogP contribution in [0.2, 0.25) is 0 Å². The third-order valence-corrected chi connectivity index (χ3v) is 8.34. The first-order valence-corrected chi connectivity index (χ1v) is 16.3. The zero-order valence-corrected chi connectivity index (χ0v) is 25.8. The van der Waals surface area contributed by atoms with Crippen LogP contribution in [0.3, 0.4) is 0 Å². The third kappa shape index (κ3) is 11.7. The van der Waals surface area contributed by atoms with Gasteiger partial charge in [0.1, 0.15) is 0 Å². The second-order valence-electron chi connectivity index (χ2n) is 11.8. The first-order valence-electron chi connectivity index (χ1n) is 16.3. The Labute approximate surface area is 259 Å². The number of benzene rings is 3. The van der Waals surface area contributed by atoms with E-state index in [0.717, 1.165) is 111 Å². The normalized spacial score (nSPS) is 22.4. The average Bonchev–Trinajstić information content (AvgIpc) is 3.03. The predicted molar refractivity (Wildman–Crippen MR) is 179 cm³/mol. The molecule has 232 valence electrons. The van der Waals surface area contributed by atoms with Crippen molar-refractivity contribution in [3.63, 3.8) is 0 Å². The fraction of sp³-hybridized carbons (Fsp3) is 0.486. The van der Waals surface area contributed by atoms with Crippen molar-refractivity contribution in [3.8, 4) is 0 Å². The molecule has 3 aromatic carbocycles. The second kappa shape index (κ2) is 18.1. The summed E-state index contributed by atoms with van der Waals surface area (Å²) in [6.45, 7) is 16.4. The molecule has 2 heterocycles. The molecule has 0 aromatic heterocycles. The van der Waals surface area contributed by atoms with Crippen LogP contribution in [0, 0.1) is 0 Å². The van der Waals surface area contributed by atoms with Gasteiger partial charge < -0.3 is 31.9 Å². The Bertz CT molecular complexity index is 1150. The predicted octanol–water partition coefficient (Wildman–Crippen LogP) is 2.58. The number of fused-ring (bicyclic) bond motifs is 11. The van der Waals surface area contributed by atoms with Crippen molar-refractivity contribution in [2.45, 2.75) is 32.7 Å². The second-order valence-corrected chi connectivity index (χ2v) is 11.8. The zero-order chi connectivity index (χ0) is 29.4. The van der Waals surface area contributed by atoms with Gasteiger partial charge in [-0.2, -0.15) is 0 Å². The smallest absolute Gasteiger partial charge is 0.0343 e. The minimum atomic E-state index is 0.885. The van der Waals surface area contributed by atoms with E-state index >= 15 is 0 Å². The maximum Gasteiger partial charge on any atom is 0.0343 e. The van der Waals surface area contributed by atoms with E-state index in [1.807, 2.05) is 0 Å². The number of nitrogens with zero attached hydrogens (tertiary/aromatic N) is 2. The van der Waals surface area contributed by atoms with Crippen LogP contribution < -0.4 is 31.9 Å². The fourth-order valence-corrected chi connectivity index (χ4v) is 5.87. The molecule has 8 bridgehead atoms. The van der Waals surface area contributed by atoms with E-state index < -0.39 is 0 Å². The first kappa shape index (κ1) is 31.6. The summed E-state index contributed by atoms with van der Waals surface area (Å²) in [6, 6.07) is 26.9. The van der Waals surface area contributed by atoms with Crippen LogP contribution in [0.4, 0.5) is 5.69 Å². The van der Waals surface area contributed by atoms with E-state index in [0.29, 0.717) is 0 Å². The van der Waals surface area contributed by atoms with Gasteiger partial charge in [0, 0.05) is 117 Å². The Morgan fingerprint density at radius 2 is 0.698 bits per heavy atom. The van der Waals surface area contributed by atoms with Crippen molar-refractivity contribution in [2.24, 2.45) is 0 Å². The standard InChI is InChI=1S/C35H52N8/c1-4-30-22-32(6-1)27-38-13-19-43-20-14-39-28-33-7-2-5-31(23-33)26-37-11-17-42(16-10-36-25-30)18-12-40-29-34-8-3-9-35(24-34)41-15-21-43/h1-9,22-24,36-41H,10-21,25-29H2. The molecule has 0 radical (unpaired) electrons. The topological polar surface area (TPSA) is 78.7 Å². The van der Waals surface area contributed by atoms with Crippen LogP contribution in [0.5, 0.6) is 0 Å². The van der Waals surface area contributed by atoms with Crippen LogP contribution in [0.1, 0.15) is 27.8 Å². The Hall–Kier alpha value is -2.82. The molecular weight excluding hydrogens is 532 g/mol. The molecule has 3 aromatic rings. The lowest BCUT2D eigenvalue weighted by molar-refractivity contribution is 0.271. The highest BCUT2D eigenvalue weighted by atomic mass is 15.2. The minimum absolute atomic E-state index is 0.885. The monoisotopic (exact) mass is 584 g/mol. The van der Waals surface area contributed by atoms with Gasteiger partial charge in [0.05, 0.1) is 0 Å². The van der Waals surface area contributed by atoms with E-state index in [2.05, 4.69) is 114 Å². The van der Waals surface area contributed by atoms with Crippen LogP contribution in [-0.4, -0.2) is 88.3 Å². The van der Waals surface area contributed by atoms with E-state index in [4.69, 9.17) is 0 Å². The van der Waals surface area contributed by atoms with Crippen molar-refractivity contribution in [3.05, 3.63) is 101 Å². The van der Waals surface area contributed by atoms with Gasteiger partial charge in [0.25, 0.3) is 0 Å². The molecule has 0 atom stereocenters. The molecule has 0 fully saturated rings. The van der Waals surface area contributed by atoms with Crippen LogP contribution >= 0.6 is 0 Å². The molecule has 6 N–H and O–H groups in total. The van der Waals surface area contributed by atoms with Gasteiger partial charge in [-0.15, -0.1) is 0 Å². The average molecular weight is 585 g/mol. The Kier molecular flexibility index (Phi) is 13.3. The Balaban J connectivity index is 1.31. The highest BCUT2D eigenvalue weighted by Gasteiger charge is 2.08. The van der Waals surface area contributed by atoms with Crippen molar-refractivity contribution in [1.29, 1.82) is 0 Å². The van der Waals surface area contributed by atoms with Gasteiger partial charge in [-0.3, -0.25) is 9.80 Å². The van der Waals surface area contributed by atoms with Gasteiger partial charge in [-0.25, -0.2) is 0 Å². The lowest BCUT2D eigenvalue weighted by Gasteiger charge is -2.23. The number of hydrogen-bond acceptors (Lipinski definition) is 8. The largest absolute Gasteiger partial charge is 0.384 e. The van der Waals surface area contributed by atoms with Gasteiger partial charge in [-0.1, -0.05) is 60.7 Å². The van der Waals surface area contributed by atoms with E-state index in [1.165, 1.54) is 33.5 Å². The van der Waals surface area contributed by atoms with Crippen LogP contribution in [-0.2, 0) is 32.7 Å². The van der Waals surface area contributed by atoms with E-state index in [9.17, 15) is 0 Å². The summed E-state index contributed by atoms with van der Waals surface area (Å²) in [6.07, 6.45) is 0. The molecule has 2 aliphatic heterocycles. The maximum absolute atomic E-state index is 3.70. The van der Waals surface area contributed by atoms with E-state index in [1.54, 1.807) is 0 Å². The summed E-state index contributed by atoms with van der Waals surface area (Å²) in [5.74, 6) is 0. The van der Waals surface area contributed by atoms with Gasteiger partial charge in [0.2, 0.25) is 0 Å². The minimum Gasteiger partial charge on any atom is -0.384 e. The molecule has 5 rings (SSSR count). The van der Waals surface area contributed by atoms with Crippen molar-refractivity contribution in [1.82, 2.24) is 36.4 Å². The zero-order valence-electron chi connectivity index (χ0n) is 25.8. The molecule has 0 unspecified atom stereocenters. The molecule has 0 amide bonds. The molecule has 0 spiro atoms. The van der Waals surface area contributed by atoms with E-state index in [-0.39, 0.29) is 0 Å². The fourth-order valence-electron chi connectivity index (χ4n) is 5.87. The summed E-state index contributed by atoms with van der Waals surface area (Å²) in [4.78, 5) is 5.14.